The smallest absolute Gasteiger partial charge is 0.150 e. The minimum atomic E-state index is 0.333. The van der Waals surface area contributed by atoms with Gasteiger partial charge >= 0.3 is 0 Å². The molecule has 0 aliphatic heterocycles. The standard InChI is InChI=1S/C12H18N4O/c1-9-5-14-16(7-9)8-11(3)13-6-12-4-10(2)15-17-12/h4-5,7,11,13H,6,8H2,1-3H3/t11-/m1/s1. The molecule has 5 heteroatoms. The Morgan fingerprint density at radius 3 is 2.88 bits per heavy atom. The van der Waals surface area contributed by atoms with Crippen molar-refractivity contribution < 1.29 is 4.52 Å². The van der Waals surface area contributed by atoms with Gasteiger partial charge in [0.15, 0.2) is 5.76 Å². The second kappa shape index (κ2) is 5.14. The van der Waals surface area contributed by atoms with Crippen molar-refractivity contribution in [3.05, 3.63) is 35.5 Å². The molecule has 1 N–H and O–H groups in total. The van der Waals surface area contributed by atoms with Gasteiger partial charge in [0.25, 0.3) is 0 Å². The van der Waals surface area contributed by atoms with E-state index < -0.39 is 0 Å². The molecule has 0 aliphatic carbocycles. The van der Waals surface area contributed by atoms with Gasteiger partial charge in [0.05, 0.1) is 25.0 Å². The molecule has 2 heterocycles. The second-order valence-corrected chi connectivity index (χ2v) is 4.46. The highest BCUT2D eigenvalue weighted by molar-refractivity contribution is 5.03. The van der Waals surface area contributed by atoms with Gasteiger partial charge in [-0.3, -0.25) is 4.68 Å². The zero-order valence-corrected chi connectivity index (χ0v) is 10.5. The van der Waals surface area contributed by atoms with Crippen LogP contribution in [0.1, 0.15) is 23.9 Å². The quantitative estimate of drug-likeness (QED) is 0.855. The lowest BCUT2D eigenvalue weighted by Gasteiger charge is -2.12. The van der Waals surface area contributed by atoms with Gasteiger partial charge in [-0.05, 0) is 26.3 Å². The number of aromatic nitrogens is 3. The van der Waals surface area contributed by atoms with Crippen LogP contribution in [0, 0.1) is 13.8 Å². The Hall–Kier alpha value is -1.62. The maximum absolute atomic E-state index is 5.13. The lowest BCUT2D eigenvalue weighted by molar-refractivity contribution is 0.353. The lowest BCUT2D eigenvalue weighted by Crippen LogP contribution is -2.30. The van der Waals surface area contributed by atoms with Crippen LogP contribution in [-0.2, 0) is 13.1 Å². The van der Waals surface area contributed by atoms with E-state index in [-0.39, 0.29) is 0 Å². The summed E-state index contributed by atoms with van der Waals surface area (Å²) in [4.78, 5) is 0. The Kier molecular flexibility index (Phi) is 3.58. The van der Waals surface area contributed by atoms with Crippen molar-refractivity contribution in [1.29, 1.82) is 0 Å². The minimum Gasteiger partial charge on any atom is -0.360 e. The lowest BCUT2D eigenvalue weighted by atomic mass is 10.3. The molecular formula is C12H18N4O. The average Bonchev–Trinajstić information content (AvgIpc) is 2.85. The Morgan fingerprint density at radius 1 is 1.47 bits per heavy atom. The van der Waals surface area contributed by atoms with E-state index in [9.17, 15) is 0 Å². The van der Waals surface area contributed by atoms with Gasteiger partial charge in [0.2, 0.25) is 0 Å². The van der Waals surface area contributed by atoms with Crippen LogP contribution in [-0.4, -0.2) is 21.0 Å². The molecule has 0 bridgehead atoms. The van der Waals surface area contributed by atoms with Crippen LogP contribution >= 0.6 is 0 Å². The van der Waals surface area contributed by atoms with E-state index in [1.54, 1.807) is 0 Å². The zero-order valence-electron chi connectivity index (χ0n) is 10.5. The summed E-state index contributed by atoms with van der Waals surface area (Å²) in [5.74, 6) is 0.867. The number of hydrogen-bond acceptors (Lipinski definition) is 4. The molecular weight excluding hydrogens is 216 g/mol. The highest BCUT2D eigenvalue weighted by Gasteiger charge is 2.06. The third-order valence-electron chi connectivity index (χ3n) is 2.52. The first kappa shape index (κ1) is 11.9. The summed E-state index contributed by atoms with van der Waals surface area (Å²) in [7, 11) is 0. The van der Waals surface area contributed by atoms with Crippen molar-refractivity contribution in [2.45, 2.75) is 39.9 Å². The molecule has 0 aliphatic rings. The number of aryl methyl sites for hydroxylation is 2. The zero-order chi connectivity index (χ0) is 12.3. The van der Waals surface area contributed by atoms with E-state index >= 15 is 0 Å². The maximum atomic E-state index is 5.13. The number of nitrogens with zero attached hydrogens (tertiary/aromatic N) is 3. The largest absolute Gasteiger partial charge is 0.360 e. The van der Waals surface area contributed by atoms with Gasteiger partial charge in [-0.1, -0.05) is 5.16 Å². The molecule has 0 saturated carbocycles. The van der Waals surface area contributed by atoms with E-state index in [0.717, 1.165) is 18.0 Å². The van der Waals surface area contributed by atoms with Crippen LogP contribution in [0.4, 0.5) is 0 Å². The molecule has 2 aromatic heterocycles. The van der Waals surface area contributed by atoms with Crippen molar-refractivity contribution in [3.63, 3.8) is 0 Å². The molecule has 0 radical (unpaired) electrons. The normalized spacial score (nSPS) is 12.9. The Balaban J connectivity index is 1.79. The van der Waals surface area contributed by atoms with Crippen molar-refractivity contribution in [2.75, 3.05) is 0 Å². The van der Waals surface area contributed by atoms with Crippen LogP contribution < -0.4 is 5.32 Å². The van der Waals surface area contributed by atoms with E-state index in [1.807, 2.05) is 37.0 Å². The molecule has 0 spiro atoms. The third kappa shape index (κ3) is 3.42. The SMILES string of the molecule is Cc1cnn(C[C@@H](C)NCc2cc(C)no2)c1. The van der Waals surface area contributed by atoms with E-state index in [0.29, 0.717) is 12.6 Å². The Bertz CT molecular complexity index is 474. The number of nitrogens with one attached hydrogen (secondary N) is 1. The number of rotatable bonds is 5. The third-order valence-corrected chi connectivity index (χ3v) is 2.52. The summed E-state index contributed by atoms with van der Waals surface area (Å²) < 4.78 is 7.08. The molecule has 1 atom stereocenters. The van der Waals surface area contributed by atoms with Crippen molar-refractivity contribution in [1.82, 2.24) is 20.3 Å². The van der Waals surface area contributed by atoms with E-state index in [2.05, 4.69) is 22.5 Å². The Labute approximate surface area is 101 Å². The van der Waals surface area contributed by atoms with Gasteiger partial charge in [-0.15, -0.1) is 0 Å². The average molecular weight is 234 g/mol. The van der Waals surface area contributed by atoms with Gasteiger partial charge in [0, 0.05) is 18.3 Å². The summed E-state index contributed by atoms with van der Waals surface area (Å²) in [6.45, 7) is 7.63. The van der Waals surface area contributed by atoms with Gasteiger partial charge in [0.1, 0.15) is 0 Å². The summed E-state index contributed by atoms with van der Waals surface area (Å²) in [6.07, 6.45) is 3.91. The number of hydrogen-bond donors (Lipinski definition) is 1. The fourth-order valence-corrected chi connectivity index (χ4v) is 1.69. The summed E-state index contributed by atoms with van der Waals surface area (Å²) >= 11 is 0. The van der Waals surface area contributed by atoms with Gasteiger partial charge in [-0.2, -0.15) is 5.10 Å². The minimum absolute atomic E-state index is 0.333. The Morgan fingerprint density at radius 2 is 2.29 bits per heavy atom. The van der Waals surface area contributed by atoms with Crippen molar-refractivity contribution >= 4 is 0 Å². The fourth-order valence-electron chi connectivity index (χ4n) is 1.69. The molecule has 0 saturated heterocycles. The molecule has 0 fully saturated rings. The van der Waals surface area contributed by atoms with Crippen LogP contribution in [0.3, 0.4) is 0 Å². The molecule has 0 amide bonds. The monoisotopic (exact) mass is 234 g/mol. The van der Waals surface area contributed by atoms with Crippen LogP contribution in [0.25, 0.3) is 0 Å². The molecule has 17 heavy (non-hydrogen) atoms. The van der Waals surface area contributed by atoms with Crippen LogP contribution in [0.5, 0.6) is 0 Å². The van der Waals surface area contributed by atoms with Gasteiger partial charge < -0.3 is 9.84 Å². The van der Waals surface area contributed by atoms with Crippen LogP contribution in [0.2, 0.25) is 0 Å². The van der Waals surface area contributed by atoms with E-state index in [1.165, 1.54) is 5.56 Å². The highest BCUT2D eigenvalue weighted by Crippen LogP contribution is 2.02. The summed E-state index contributed by atoms with van der Waals surface area (Å²) in [6, 6.07) is 2.28. The topological polar surface area (TPSA) is 55.9 Å². The molecule has 0 unspecified atom stereocenters. The highest BCUT2D eigenvalue weighted by atomic mass is 16.5. The first-order valence-corrected chi connectivity index (χ1v) is 5.78. The van der Waals surface area contributed by atoms with Crippen LogP contribution in [0.15, 0.2) is 23.0 Å². The predicted molar refractivity (Wildman–Crippen MR) is 64.5 cm³/mol. The molecule has 2 rings (SSSR count). The van der Waals surface area contributed by atoms with E-state index in [4.69, 9.17) is 4.52 Å². The predicted octanol–water partition coefficient (Wildman–Crippen LogP) is 1.67. The molecule has 0 aromatic carbocycles. The summed E-state index contributed by atoms with van der Waals surface area (Å²) in [5, 5.41) is 11.5. The fraction of sp³-hybridized carbons (Fsp3) is 0.500. The maximum Gasteiger partial charge on any atom is 0.150 e. The molecule has 2 aromatic rings. The second-order valence-electron chi connectivity index (χ2n) is 4.46. The molecule has 5 nitrogen and oxygen atoms in total. The summed E-state index contributed by atoms with van der Waals surface area (Å²) in [5.41, 5.74) is 2.10. The van der Waals surface area contributed by atoms with Crippen molar-refractivity contribution in [2.24, 2.45) is 0 Å². The first-order valence-electron chi connectivity index (χ1n) is 5.78. The van der Waals surface area contributed by atoms with Crippen molar-refractivity contribution in [3.8, 4) is 0 Å². The molecule has 92 valence electrons. The van der Waals surface area contributed by atoms with Gasteiger partial charge in [-0.25, -0.2) is 0 Å². The first-order chi connectivity index (χ1) is 8.13.